The first kappa shape index (κ1) is 42.1. The van der Waals surface area contributed by atoms with Gasteiger partial charge in [0.15, 0.2) is 0 Å². The summed E-state index contributed by atoms with van der Waals surface area (Å²) in [4.78, 5) is 4.83. The molecule has 2 unspecified atom stereocenters. The molecule has 4 nitrogen and oxygen atoms in total. The average molecular weight is 947 g/mol. The van der Waals surface area contributed by atoms with Gasteiger partial charge in [0.2, 0.25) is 0 Å². The zero-order chi connectivity index (χ0) is 48.7. The molecule has 4 heteroatoms. The molecular formula is C70H46N2O2. The van der Waals surface area contributed by atoms with Crippen molar-refractivity contribution in [2.45, 2.75) is 12.0 Å². The molecule has 15 rings (SSSR count). The molecule has 1 aliphatic heterocycles. The second-order valence-electron chi connectivity index (χ2n) is 19.5. The van der Waals surface area contributed by atoms with Gasteiger partial charge in [-0.15, -0.1) is 0 Å². The summed E-state index contributed by atoms with van der Waals surface area (Å²) in [7, 11) is 0. The lowest BCUT2D eigenvalue weighted by Gasteiger charge is -2.31. The Bertz CT molecular complexity index is 4410. The smallest absolute Gasteiger partial charge is 0.135 e. The molecule has 1 aromatic heterocycles. The van der Waals surface area contributed by atoms with E-state index in [9.17, 15) is 0 Å². The Morgan fingerprint density at radius 1 is 0.338 bits per heavy atom. The topological polar surface area (TPSA) is 28.9 Å². The molecule has 1 aliphatic carbocycles. The van der Waals surface area contributed by atoms with Gasteiger partial charge in [-0.3, -0.25) is 0 Å². The highest BCUT2D eigenvalue weighted by Gasteiger charge is 2.34. The fourth-order valence-electron chi connectivity index (χ4n) is 11.8. The van der Waals surface area contributed by atoms with E-state index >= 15 is 0 Å². The van der Waals surface area contributed by atoms with Gasteiger partial charge in [-0.05, 0) is 140 Å². The quantitative estimate of drug-likeness (QED) is 0.142. The van der Waals surface area contributed by atoms with E-state index in [1.54, 1.807) is 0 Å². The van der Waals surface area contributed by atoms with Gasteiger partial charge in [0.05, 0.1) is 11.4 Å². The Morgan fingerprint density at radius 3 is 1.42 bits per heavy atom. The van der Waals surface area contributed by atoms with Crippen LogP contribution in [0.4, 0.5) is 28.4 Å². The van der Waals surface area contributed by atoms with Crippen molar-refractivity contribution in [1.82, 2.24) is 0 Å². The first-order chi connectivity index (χ1) is 36.7. The minimum absolute atomic E-state index is 0.0227. The third-order valence-corrected chi connectivity index (χ3v) is 15.4. The van der Waals surface area contributed by atoms with E-state index in [4.69, 9.17) is 9.15 Å². The summed E-state index contributed by atoms with van der Waals surface area (Å²) in [6.07, 6.45) is 6.83. The van der Waals surface area contributed by atoms with Crippen LogP contribution in [-0.4, -0.2) is 6.10 Å². The van der Waals surface area contributed by atoms with Crippen LogP contribution >= 0.6 is 0 Å². The highest BCUT2D eigenvalue weighted by Crippen LogP contribution is 2.48. The van der Waals surface area contributed by atoms with Crippen LogP contribution in [0.15, 0.2) is 277 Å². The third kappa shape index (κ3) is 6.91. The van der Waals surface area contributed by atoms with Crippen LogP contribution in [0.2, 0.25) is 0 Å². The molecule has 0 radical (unpaired) electrons. The summed E-state index contributed by atoms with van der Waals surface area (Å²) in [5.74, 6) is 1.09. The number of ether oxygens (including phenoxy) is 1. The lowest BCUT2D eigenvalue weighted by molar-refractivity contribution is 0.268. The van der Waals surface area contributed by atoms with E-state index < -0.39 is 0 Å². The number of hydrogen-bond donors (Lipinski definition) is 0. The summed E-state index contributed by atoms with van der Waals surface area (Å²) in [5.41, 5.74) is 14.3. The Labute approximate surface area is 428 Å². The molecule has 348 valence electrons. The number of para-hydroxylation sites is 2. The fraction of sp³-hybridized carbons (Fsp3) is 0.0286. The summed E-state index contributed by atoms with van der Waals surface area (Å²) >= 11 is 0. The molecule has 74 heavy (non-hydrogen) atoms. The molecule has 0 bridgehead atoms. The van der Waals surface area contributed by atoms with Crippen molar-refractivity contribution >= 4 is 93.5 Å². The van der Waals surface area contributed by atoms with Crippen molar-refractivity contribution < 1.29 is 9.15 Å². The van der Waals surface area contributed by atoms with Crippen LogP contribution in [0.5, 0.6) is 5.75 Å². The van der Waals surface area contributed by atoms with Crippen molar-refractivity contribution in [2.75, 3.05) is 9.80 Å². The maximum Gasteiger partial charge on any atom is 0.135 e. The zero-order valence-electron chi connectivity index (χ0n) is 40.3. The van der Waals surface area contributed by atoms with Crippen LogP contribution in [0.1, 0.15) is 11.5 Å². The Kier molecular flexibility index (Phi) is 9.67. The molecule has 0 spiro atoms. The van der Waals surface area contributed by atoms with Crippen molar-refractivity contribution in [2.24, 2.45) is 0 Å². The summed E-state index contributed by atoms with van der Waals surface area (Å²) in [6.45, 7) is 0. The van der Waals surface area contributed by atoms with E-state index in [1.165, 1.54) is 48.7 Å². The molecule has 2 aliphatic rings. The molecular weight excluding hydrogens is 901 g/mol. The predicted molar refractivity (Wildman–Crippen MR) is 309 cm³/mol. The van der Waals surface area contributed by atoms with E-state index in [1.807, 2.05) is 12.1 Å². The minimum atomic E-state index is -0.0227. The minimum Gasteiger partial charge on any atom is -0.485 e. The van der Waals surface area contributed by atoms with Gasteiger partial charge in [-0.25, -0.2) is 0 Å². The molecule has 0 amide bonds. The number of hydrogen-bond acceptors (Lipinski definition) is 4. The van der Waals surface area contributed by atoms with Crippen molar-refractivity contribution in [3.8, 4) is 28.0 Å². The number of fused-ring (bicyclic) bond motifs is 12. The van der Waals surface area contributed by atoms with Gasteiger partial charge in [-0.1, -0.05) is 182 Å². The highest BCUT2D eigenvalue weighted by molar-refractivity contribution is 6.16. The van der Waals surface area contributed by atoms with Crippen molar-refractivity contribution in [3.63, 3.8) is 0 Å². The van der Waals surface area contributed by atoms with E-state index in [-0.39, 0.29) is 12.0 Å². The van der Waals surface area contributed by atoms with Gasteiger partial charge >= 0.3 is 0 Å². The largest absolute Gasteiger partial charge is 0.485 e. The molecule has 0 N–H and O–H groups in total. The predicted octanol–water partition coefficient (Wildman–Crippen LogP) is 19.1. The average Bonchev–Trinajstić information content (AvgIpc) is 4.04. The highest BCUT2D eigenvalue weighted by atomic mass is 16.5. The third-order valence-electron chi connectivity index (χ3n) is 15.4. The van der Waals surface area contributed by atoms with Crippen LogP contribution in [-0.2, 0) is 0 Å². The Balaban J connectivity index is 0.778. The number of allylic oxidation sites excluding steroid dienone is 1. The van der Waals surface area contributed by atoms with Crippen molar-refractivity contribution in [3.05, 3.63) is 278 Å². The van der Waals surface area contributed by atoms with Crippen LogP contribution in [0, 0.1) is 0 Å². The molecule has 2 heterocycles. The molecule has 0 saturated carbocycles. The number of rotatable bonds is 8. The van der Waals surface area contributed by atoms with Crippen LogP contribution < -0.4 is 14.5 Å². The van der Waals surface area contributed by atoms with Gasteiger partial charge in [0, 0.05) is 55.8 Å². The maximum absolute atomic E-state index is 6.42. The Morgan fingerprint density at radius 2 is 0.797 bits per heavy atom. The molecule has 2 atom stereocenters. The molecule has 0 saturated heterocycles. The second-order valence-corrected chi connectivity index (χ2v) is 19.5. The first-order valence-electron chi connectivity index (χ1n) is 25.5. The van der Waals surface area contributed by atoms with E-state index in [0.717, 1.165) is 84.1 Å². The number of benzene rings is 12. The standard InChI is InChI=1S/C70H46N2O2/c1-3-15-55-49(13-1)41-65(59-19-7-5-17-57(55)59)71(53-37-39-69-63(43-53)61-21-9-11-23-67(61)73-69)51-33-29-47(30-34-51)45-25-27-46(28-26-45)48-31-35-52(36-32-48)72(54-38-40-70-64(44-54)62-22-10-12-24-68(62)74-70)66-42-50-14-2-4-16-56(50)58-18-6-8-20-60(58)66/h1-44,63,69H. The van der Waals surface area contributed by atoms with E-state index in [2.05, 4.69) is 265 Å². The number of anilines is 5. The lowest BCUT2D eigenvalue weighted by Crippen LogP contribution is -2.23. The first-order valence-corrected chi connectivity index (χ1v) is 25.5. The van der Waals surface area contributed by atoms with Crippen molar-refractivity contribution in [1.29, 1.82) is 0 Å². The van der Waals surface area contributed by atoms with Crippen LogP contribution in [0.25, 0.3) is 87.3 Å². The maximum atomic E-state index is 6.42. The molecule has 0 fully saturated rings. The van der Waals surface area contributed by atoms with E-state index in [0.29, 0.717) is 0 Å². The van der Waals surface area contributed by atoms with Gasteiger partial charge < -0.3 is 19.0 Å². The number of nitrogens with zero attached hydrogens (tertiary/aromatic N) is 2. The van der Waals surface area contributed by atoms with Gasteiger partial charge in [0.1, 0.15) is 23.0 Å². The molecule has 13 aromatic rings. The van der Waals surface area contributed by atoms with Gasteiger partial charge in [0.25, 0.3) is 0 Å². The number of furan rings is 1. The lowest BCUT2D eigenvalue weighted by atomic mass is 9.90. The van der Waals surface area contributed by atoms with Gasteiger partial charge in [-0.2, -0.15) is 0 Å². The normalized spacial score (nSPS) is 14.9. The monoisotopic (exact) mass is 946 g/mol. The zero-order valence-corrected chi connectivity index (χ0v) is 40.3. The fourth-order valence-corrected chi connectivity index (χ4v) is 11.8. The summed E-state index contributed by atoms with van der Waals surface area (Å²) in [5, 5.41) is 12.0. The second kappa shape index (κ2) is 17.0. The summed E-state index contributed by atoms with van der Waals surface area (Å²) < 4.78 is 12.7. The molecule has 12 aromatic carbocycles. The van der Waals surface area contributed by atoms with Crippen LogP contribution in [0.3, 0.4) is 0 Å². The Hall–Kier alpha value is -9.64. The SMILES string of the molecule is C1=CC2Oc3ccccc3C2C=C1N(c1ccc(-c2ccc(-c3ccc(N(c4ccc5oc6ccccc6c5c4)c4cc5ccccc5c5ccccc45)cc3)cc2)cc1)c1cc2ccccc2c2ccccc12. The summed E-state index contributed by atoms with van der Waals surface area (Å²) in [6, 6.07) is 90.0.